The summed E-state index contributed by atoms with van der Waals surface area (Å²) in [5, 5.41) is 5.08. The second kappa shape index (κ2) is 16.0. The Kier molecular flexibility index (Phi) is 9.33. The van der Waals surface area contributed by atoms with Gasteiger partial charge in [-0.05, 0) is 127 Å². The van der Waals surface area contributed by atoms with Crippen molar-refractivity contribution in [2.75, 3.05) is 4.90 Å². The van der Waals surface area contributed by atoms with Gasteiger partial charge in [0, 0.05) is 37.1 Å². The molecule has 1 aromatic heterocycles. The normalized spacial score (nSPS) is 12.6. The average Bonchev–Trinajstić information content (AvgIpc) is 3.93. The fraction of sp³-hybridized carbons (Fsp3) is 0.0154. The molecule has 0 radical (unpaired) electrons. The summed E-state index contributed by atoms with van der Waals surface area (Å²) in [6.07, 6.45) is 0. The minimum Gasteiger partial charge on any atom is -0.310 e. The zero-order chi connectivity index (χ0) is 44.3. The fourth-order valence-corrected chi connectivity index (χ4v) is 11.9. The molecule has 314 valence electrons. The lowest BCUT2D eigenvalue weighted by molar-refractivity contribution is 0.768. The third kappa shape index (κ3) is 6.44. The first-order valence-corrected chi connectivity index (χ1v) is 23.9. The maximum atomic E-state index is 2.49. The zero-order valence-electron chi connectivity index (χ0n) is 36.7. The quantitative estimate of drug-likeness (QED) is 0.147. The lowest BCUT2D eigenvalue weighted by atomic mass is 9.68. The van der Waals surface area contributed by atoms with Gasteiger partial charge in [0.25, 0.3) is 0 Å². The molecule has 1 aliphatic carbocycles. The van der Waals surface area contributed by atoms with Crippen LogP contribution < -0.4 is 4.90 Å². The van der Waals surface area contributed by atoms with Crippen LogP contribution in [-0.2, 0) is 5.41 Å². The minimum absolute atomic E-state index is 0.503. The Morgan fingerprint density at radius 2 is 0.851 bits per heavy atom. The second-order valence-electron chi connectivity index (χ2n) is 17.6. The second-order valence-corrected chi connectivity index (χ2v) is 18.7. The zero-order valence-corrected chi connectivity index (χ0v) is 37.5. The number of benzene rings is 11. The lowest BCUT2D eigenvalue weighted by Crippen LogP contribution is -2.28. The van der Waals surface area contributed by atoms with E-state index in [1.165, 1.54) is 97.7 Å². The molecule has 1 aliphatic rings. The summed E-state index contributed by atoms with van der Waals surface area (Å²) in [6, 6.07) is 96.3. The summed E-state index contributed by atoms with van der Waals surface area (Å²) in [4.78, 5) is 2.49. The van der Waals surface area contributed by atoms with Crippen molar-refractivity contribution >= 4 is 59.3 Å². The number of nitrogens with zero attached hydrogens (tertiary/aromatic N) is 1. The highest BCUT2D eigenvalue weighted by Gasteiger charge is 2.47. The van der Waals surface area contributed by atoms with Gasteiger partial charge in [0.05, 0.1) is 11.1 Å². The molecule has 1 nitrogen and oxygen atoms in total. The highest BCUT2D eigenvalue weighted by molar-refractivity contribution is 7.25. The van der Waals surface area contributed by atoms with Crippen molar-refractivity contribution in [1.29, 1.82) is 0 Å². The van der Waals surface area contributed by atoms with Gasteiger partial charge in [0.1, 0.15) is 0 Å². The van der Waals surface area contributed by atoms with Gasteiger partial charge in [-0.1, -0.05) is 206 Å². The lowest BCUT2D eigenvalue weighted by Gasteiger charge is -2.34. The minimum atomic E-state index is -0.503. The van der Waals surface area contributed by atoms with Crippen molar-refractivity contribution in [2.45, 2.75) is 5.41 Å². The van der Waals surface area contributed by atoms with Gasteiger partial charge in [-0.2, -0.15) is 0 Å². The number of thiophene rings is 1. The first-order valence-electron chi connectivity index (χ1n) is 23.1. The molecule has 0 fully saturated rings. The van der Waals surface area contributed by atoms with Crippen molar-refractivity contribution in [1.82, 2.24) is 0 Å². The van der Waals surface area contributed by atoms with E-state index < -0.39 is 5.41 Å². The molecule has 12 aromatic rings. The maximum absolute atomic E-state index is 2.49. The number of hydrogen-bond acceptors (Lipinski definition) is 2. The van der Waals surface area contributed by atoms with Gasteiger partial charge in [0.2, 0.25) is 0 Å². The van der Waals surface area contributed by atoms with E-state index >= 15 is 0 Å². The van der Waals surface area contributed by atoms with Crippen molar-refractivity contribution in [2.24, 2.45) is 0 Å². The summed E-state index contributed by atoms with van der Waals surface area (Å²) in [6.45, 7) is 0. The molecule has 67 heavy (non-hydrogen) atoms. The number of rotatable bonds is 8. The summed E-state index contributed by atoms with van der Waals surface area (Å²) in [7, 11) is 0. The molecular formula is C65H43NS. The first kappa shape index (κ1) is 39.1. The third-order valence-electron chi connectivity index (χ3n) is 13.9. The molecular weight excluding hydrogens is 827 g/mol. The molecule has 0 aliphatic heterocycles. The highest BCUT2D eigenvalue weighted by atomic mass is 32.1. The molecule has 0 N–H and O–H groups in total. The van der Waals surface area contributed by atoms with E-state index in [1.54, 1.807) is 0 Å². The number of fused-ring (bicyclic) bond motifs is 7. The number of hydrogen-bond donors (Lipinski definition) is 0. The van der Waals surface area contributed by atoms with Crippen molar-refractivity contribution < 1.29 is 0 Å². The van der Waals surface area contributed by atoms with Crippen LogP contribution in [-0.4, -0.2) is 0 Å². The summed E-state index contributed by atoms with van der Waals surface area (Å²) in [5.74, 6) is 0. The van der Waals surface area contributed by atoms with Crippen molar-refractivity contribution in [3.8, 4) is 44.5 Å². The van der Waals surface area contributed by atoms with E-state index in [-0.39, 0.29) is 0 Å². The maximum Gasteiger partial charge on any atom is 0.0714 e. The van der Waals surface area contributed by atoms with Gasteiger partial charge in [-0.25, -0.2) is 0 Å². The van der Waals surface area contributed by atoms with E-state index in [2.05, 4.69) is 266 Å². The summed E-state index contributed by atoms with van der Waals surface area (Å²) in [5.41, 5.74) is 17.7. The van der Waals surface area contributed by atoms with Crippen LogP contribution >= 0.6 is 11.3 Å². The Hall–Kier alpha value is -8.30. The van der Waals surface area contributed by atoms with Gasteiger partial charge in [0.15, 0.2) is 0 Å². The fourth-order valence-electron chi connectivity index (χ4n) is 10.8. The molecule has 1 heterocycles. The van der Waals surface area contributed by atoms with Crippen LogP contribution in [0.2, 0.25) is 0 Å². The molecule has 0 saturated carbocycles. The van der Waals surface area contributed by atoms with E-state index in [1.807, 2.05) is 11.3 Å². The molecule has 0 bridgehead atoms. The van der Waals surface area contributed by atoms with Gasteiger partial charge in [-0.3, -0.25) is 0 Å². The standard InChI is InChI=1S/C65H43NS/c1-3-19-52(20-4-1)65(53-21-5-2-6-22-53)59-25-11-9-24-57(59)64-60(65)26-14-27-61(64)66(55-39-40-63-58(43-55)56-23-10-12-28-62(56)67-63)54-37-35-46(36-38-54)45-29-31-47(32-30-45)49-17-13-18-50(41-49)51-34-33-44-15-7-8-16-48(44)42-51/h1-43H. The molecule has 11 aromatic carbocycles. The van der Waals surface area contributed by atoms with E-state index in [9.17, 15) is 0 Å². The molecule has 2 heteroatoms. The Morgan fingerprint density at radius 3 is 1.61 bits per heavy atom. The molecule has 0 spiro atoms. The van der Waals surface area contributed by atoms with Gasteiger partial charge in [-0.15, -0.1) is 11.3 Å². The van der Waals surface area contributed by atoms with Crippen LogP contribution in [0.15, 0.2) is 261 Å². The molecule has 0 amide bonds. The van der Waals surface area contributed by atoms with Crippen LogP contribution in [0.3, 0.4) is 0 Å². The van der Waals surface area contributed by atoms with Gasteiger partial charge < -0.3 is 4.90 Å². The predicted molar refractivity (Wildman–Crippen MR) is 285 cm³/mol. The van der Waals surface area contributed by atoms with E-state index in [0.29, 0.717) is 0 Å². The Bertz CT molecular complexity index is 3750. The van der Waals surface area contributed by atoms with Crippen molar-refractivity contribution in [3.05, 3.63) is 283 Å². The third-order valence-corrected chi connectivity index (χ3v) is 15.1. The summed E-state index contributed by atoms with van der Waals surface area (Å²) < 4.78 is 2.60. The first-order chi connectivity index (χ1) is 33.2. The molecule has 0 unspecified atom stereocenters. The average molecular weight is 870 g/mol. The Labute approximate surface area is 395 Å². The van der Waals surface area contributed by atoms with Crippen LogP contribution in [0.25, 0.3) is 75.5 Å². The van der Waals surface area contributed by atoms with Gasteiger partial charge >= 0.3 is 0 Å². The number of anilines is 3. The van der Waals surface area contributed by atoms with Crippen molar-refractivity contribution in [3.63, 3.8) is 0 Å². The van der Waals surface area contributed by atoms with E-state index in [4.69, 9.17) is 0 Å². The monoisotopic (exact) mass is 869 g/mol. The smallest absolute Gasteiger partial charge is 0.0714 e. The van der Waals surface area contributed by atoms with E-state index in [0.717, 1.165) is 17.1 Å². The van der Waals surface area contributed by atoms with Crippen LogP contribution in [0.4, 0.5) is 17.1 Å². The molecule has 0 saturated heterocycles. The van der Waals surface area contributed by atoms with Crippen LogP contribution in [0.1, 0.15) is 22.3 Å². The topological polar surface area (TPSA) is 3.24 Å². The highest BCUT2D eigenvalue weighted by Crippen LogP contribution is 2.59. The molecule has 0 atom stereocenters. The SMILES string of the molecule is c1ccc(C2(c3ccccc3)c3ccccc3-c3c(N(c4ccc(-c5ccc(-c6cccc(-c7ccc8ccccc8c7)c6)cc5)cc4)c4ccc5sc6ccccc6c5c4)cccc32)cc1. The predicted octanol–water partition coefficient (Wildman–Crippen LogP) is 18.0. The van der Waals surface area contributed by atoms with Crippen LogP contribution in [0.5, 0.6) is 0 Å². The molecule has 13 rings (SSSR count). The Balaban J connectivity index is 0.930. The summed E-state index contributed by atoms with van der Waals surface area (Å²) >= 11 is 1.86. The largest absolute Gasteiger partial charge is 0.310 e. The van der Waals surface area contributed by atoms with Crippen LogP contribution in [0, 0.1) is 0 Å². The Morgan fingerprint density at radius 1 is 0.313 bits per heavy atom.